The van der Waals surface area contributed by atoms with Crippen molar-refractivity contribution in [3.05, 3.63) is 16.4 Å². The predicted molar refractivity (Wildman–Crippen MR) is 63.9 cm³/mol. The Morgan fingerprint density at radius 3 is 2.64 bits per heavy atom. The molecule has 0 radical (unpaired) electrons. The number of hydrogen-bond acceptors (Lipinski definition) is 1. The van der Waals surface area contributed by atoms with E-state index in [4.69, 9.17) is 11.6 Å². The van der Waals surface area contributed by atoms with Gasteiger partial charge in [0.1, 0.15) is 0 Å². The second kappa shape index (κ2) is 5.17. The van der Waals surface area contributed by atoms with Gasteiger partial charge in [-0.1, -0.05) is 6.92 Å². The molecule has 0 aliphatic carbocycles. The van der Waals surface area contributed by atoms with E-state index in [2.05, 4.69) is 41.8 Å². The SMILES string of the molecule is CC(CCl)Cc1c(Br)cnn1C(C)C. The first-order valence-electron chi connectivity index (χ1n) is 4.84. The molecule has 0 fully saturated rings. The van der Waals surface area contributed by atoms with Gasteiger partial charge in [-0.3, -0.25) is 4.68 Å². The molecule has 4 heteroatoms. The van der Waals surface area contributed by atoms with Crippen LogP contribution < -0.4 is 0 Å². The van der Waals surface area contributed by atoms with E-state index in [1.807, 2.05) is 10.9 Å². The second-order valence-corrected chi connectivity index (χ2v) is 5.10. The summed E-state index contributed by atoms with van der Waals surface area (Å²) in [4.78, 5) is 0. The molecule has 0 aromatic carbocycles. The van der Waals surface area contributed by atoms with Gasteiger partial charge in [0, 0.05) is 11.9 Å². The zero-order chi connectivity index (χ0) is 10.7. The summed E-state index contributed by atoms with van der Waals surface area (Å²) in [6.07, 6.45) is 2.83. The Kier molecular flexibility index (Phi) is 4.45. The van der Waals surface area contributed by atoms with Crippen molar-refractivity contribution in [2.45, 2.75) is 33.2 Å². The number of halogens is 2. The maximum atomic E-state index is 5.81. The van der Waals surface area contributed by atoms with E-state index >= 15 is 0 Å². The molecule has 0 spiro atoms. The van der Waals surface area contributed by atoms with Crippen molar-refractivity contribution in [1.82, 2.24) is 9.78 Å². The fourth-order valence-electron chi connectivity index (χ4n) is 1.39. The molecular weight excluding hydrogens is 263 g/mol. The highest BCUT2D eigenvalue weighted by molar-refractivity contribution is 9.10. The molecule has 1 unspecified atom stereocenters. The molecule has 1 heterocycles. The Morgan fingerprint density at radius 1 is 1.50 bits per heavy atom. The van der Waals surface area contributed by atoms with Gasteiger partial charge in [0.2, 0.25) is 0 Å². The van der Waals surface area contributed by atoms with Crippen LogP contribution in [-0.4, -0.2) is 15.7 Å². The minimum absolute atomic E-state index is 0.402. The van der Waals surface area contributed by atoms with Crippen molar-refractivity contribution in [3.8, 4) is 0 Å². The molecule has 0 bridgehead atoms. The van der Waals surface area contributed by atoms with Crippen LogP contribution in [0.25, 0.3) is 0 Å². The molecular formula is C10H16BrClN2. The van der Waals surface area contributed by atoms with Crippen LogP contribution in [0.1, 0.15) is 32.5 Å². The molecule has 0 saturated heterocycles. The zero-order valence-corrected chi connectivity index (χ0v) is 11.1. The molecule has 1 atom stereocenters. The second-order valence-electron chi connectivity index (χ2n) is 3.94. The smallest absolute Gasteiger partial charge is 0.0635 e. The van der Waals surface area contributed by atoms with Crippen LogP contribution in [0.15, 0.2) is 10.7 Å². The molecule has 1 aromatic heterocycles. The van der Waals surface area contributed by atoms with E-state index in [1.54, 1.807) is 0 Å². The van der Waals surface area contributed by atoms with E-state index in [1.165, 1.54) is 5.69 Å². The van der Waals surface area contributed by atoms with Crippen LogP contribution in [0.4, 0.5) is 0 Å². The lowest BCUT2D eigenvalue weighted by Gasteiger charge is -2.13. The van der Waals surface area contributed by atoms with Gasteiger partial charge in [-0.05, 0) is 42.1 Å². The van der Waals surface area contributed by atoms with Crippen molar-refractivity contribution in [1.29, 1.82) is 0 Å². The van der Waals surface area contributed by atoms with Crippen molar-refractivity contribution >= 4 is 27.5 Å². The molecule has 2 nitrogen and oxygen atoms in total. The third kappa shape index (κ3) is 2.74. The Bertz CT molecular complexity index is 296. The third-order valence-electron chi connectivity index (χ3n) is 2.14. The zero-order valence-electron chi connectivity index (χ0n) is 8.80. The van der Waals surface area contributed by atoms with Gasteiger partial charge in [-0.15, -0.1) is 11.6 Å². The quantitative estimate of drug-likeness (QED) is 0.769. The highest BCUT2D eigenvalue weighted by atomic mass is 79.9. The third-order valence-corrected chi connectivity index (χ3v) is 3.33. The topological polar surface area (TPSA) is 17.8 Å². The van der Waals surface area contributed by atoms with E-state index in [9.17, 15) is 0 Å². The molecule has 14 heavy (non-hydrogen) atoms. The van der Waals surface area contributed by atoms with Crippen molar-refractivity contribution in [2.24, 2.45) is 5.92 Å². The van der Waals surface area contributed by atoms with Crippen LogP contribution in [0.5, 0.6) is 0 Å². The molecule has 1 aromatic rings. The highest BCUT2D eigenvalue weighted by Crippen LogP contribution is 2.22. The van der Waals surface area contributed by atoms with Gasteiger partial charge < -0.3 is 0 Å². The number of hydrogen-bond donors (Lipinski definition) is 0. The molecule has 0 saturated carbocycles. The normalized spacial score (nSPS) is 13.6. The lowest BCUT2D eigenvalue weighted by Crippen LogP contribution is -2.11. The van der Waals surface area contributed by atoms with E-state index in [0.29, 0.717) is 17.8 Å². The fourth-order valence-corrected chi connectivity index (χ4v) is 1.93. The van der Waals surface area contributed by atoms with E-state index < -0.39 is 0 Å². The van der Waals surface area contributed by atoms with Gasteiger partial charge in [-0.2, -0.15) is 5.10 Å². The van der Waals surface area contributed by atoms with Gasteiger partial charge in [0.15, 0.2) is 0 Å². The van der Waals surface area contributed by atoms with E-state index in [0.717, 1.165) is 10.9 Å². The Hall–Kier alpha value is -0.0200. The monoisotopic (exact) mass is 278 g/mol. The predicted octanol–water partition coefficient (Wildman–Crippen LogP) is 3.64. The standard InChI is InChI=1S/C10H16BrClN2/c1-7(2)14-10(4-8(3)5-12)9(11)6-13-14/h6-8H,4-5H2,1-3H3. The maximum absolute atomic E-state index is 5.81. The molecule has 1 rings (SSSR count). The summed E-state index contributed by atoms with van der Waals surface area (Å²) in [5, 5.41) is 4.33. The summed E-state index contributed by atoms with van der Waals surface area (Å²) in [6.45, 7) is 6.42. The molecule has 0 aliphatic heterocycles. The fraction of sp³-hybridized carbons (Fsp3) is 0.700. The Labute approximate surface area is 98.8 Å². The summed E-state index contributed by atoms with van der Waals surface area (Å²) in [5.74, 6) is 1.18. The van der Waals surface area contributed by atoms with E-state index in [-0.39, 0.29) is 0 Å². The average molecular weight is 280 g/mol. The molecule has 0 N–H and O–H groups in total. The Balaban J connectivity index is 2.88. The summed E-state index contributed by atoms with van der Waals surface area (Å²) in [7, 11) is 0. The molecule has 0 aliphatic rings. The van der Waals surface area contributed by atoms with Crippen molar-refractivity contribution in [2.75, 3.05) is 5.88 Å². The summed E-state index contributed by atoms with van der Waals surface area (Å²) in [6, 6.07) is 0.402. The lowest BCUT2D eigenvalue weighted by molar-refractivity contribution is 0.489. The number of aromatic nitrogens is 2. The molecule has 80 valence electrons. The minimum atomic E-state index is 0.402. The Morgan fingerprint density at radius 2 is 2.14 bits per heavy atom. The largest absolute Gasteiger partial charge is 0.266 e. The summed E-state index contributed by atoms with van der Waals surface area (Å²) in [5.41, 5.74) is 1.24. The summed E-state index contributed by atoms with van der Waals surface area (Å²) < 4.78 is 3.14. The number of rotatable bonds is 4. The number of nitrogens with zero attached hydrogens (tertiary/aromatic N) is 2. The van der Waals surface area contributed by atoms with Crippen LogP contribution in [-0.2, 0) is 6.42 Å². The van der Waals surface area contributed by atoms with Crippen LogP contribution >= 0.6 is 27.5 Å². The molecule has 0 amide bonds. The first-order valence-corrected chi connectivity index (χ1v) is 6.16. The first-order chi connectivity index (χ1) is 6.56. The average Bonchev–Trinajstić information content (AvgIpc) is 2.48. The van der Waals surface area contributed by atoms with Gasteiger partial charge in [0.05, 0.1) is 16.4 Å². The van der Waals surface area contributed by atoms with Crippen LogP contribution in [0, 0.1) is 5.92 Å². The van der Waals surface area contributed by atoms with Gasteiger partial charge >= 0.3 is 0 Å². The summed E-state index contributed by atoms with van der Waals surface area (Å²) >= 11 is 9.32. The lowest BCUT2D eigenvalue weighted by atomic mass is 10.1. The van der Waals surface area contributed by atoms with Gasteiger partial charge in [0.25, 0.3) is 0 Å². The van der Waals surface area contributed by atoms with Crippen LogP contribution in [0.2, 0.25) is 0 Å². The van der Waals surface area contributed by atoms with Crippen molar-refractivity contribution < 1.29 is 0 Å². The van der Waals surface area contributed by atoms with Crippen molar-refractivity contribution in [3.63, 3.8) is 0 Å². The van der Waals surface area contributed by atoms with Gasteiger partial charge in [-0.25, -0.2) is 0 Å². The highest BCUT2D eigenvalue weighted by Gasteiger charge is 2.13. The maximum Gasteiger partial charge on any atom is 0.0635 e. The van der Waals surface area contributed by atoms with Crippen LogP contribution in [0.3, 0.4) is 0 Å². The minimum Gasteiger partial charge on any atom is -0.266 e. The number of alkyl halides is 1. The first kappa shape index (κ1) is 12.1.